The number of aliphatic carboxylic acids is 1. The molecular weight excluding hydrogens is 190 g/mol. The van der Waals surface area contributed by atoms with E-state index in [1.165, 1.54) is 19.3 Å². The average Bonchev–Trinajstić information content (AvgIpc) is 3.02. The Morgan fingerprint density at radius 2 is 2.07 bits per heavy atom. The minimum atomic E-state index is -0.617. The normalized spacial score (nSPS) is 32.9. The van der Waals surface area contributed by atoms with E-state index in [0.717, 1.165) is 31.8 Å². The number of hydrogen-bond acceptors (Lipinski definition) is 2. The quantitative estimate of drug-likeness (QED) is 0.773. The van der Waals surface area contributed by atoms with Crippen molar-refractivity contribution in [1.82, 2.24) is 4.90 Å². The first kappa shape index (κ1) is 10.9. The van der Waals surface area contributed by atoms with E-state index in [-0.39, 0.29) is 6.04 Å². The van der Waals surface area contributed by atoms with Crippen LogP contribution in [0.25, 0.3) is 0 Å². The van der Waals surface area contributed by atoms with E-state index in [1.54, 1.807) is 0 Å². The van der Waals surface area contributed by atoms with E-state index in [2.05, 4.69) is 11.8 Å². The molecule has 0 radical (unpaired) electrons. The Labute approximate surface area is 91.5 Å². The number of likely N-dealkylation sites (tertiary alicyclic amines) is 1. The van der Waals surface area contributed by atoms with Crippen molar-refractivity contribution < 1.29 is 9.90 Å². The Bertz CT molecular complexity index is 238. The summed E-state index contributed by atoms with van der Waals surface area (Å²) in [4.78, 5) is 13.4. The van der Waals surface area contributed by atoms with Crippen molar-refractivity contribution in [2.24, 2.45) is 11.8 Å². The zero-order valence-corrected chi connectivity index (χ0v) is 9.48. The van der Waals surface area contributed by atoms with Gasteiger partial charge in [-0.1, -0.05) is 13.3 Å². The third-order valence-electron chi connectivity index (χ3n) is 3.87. The van der Waals surface area contributed by atoms with Crippen LogP contribution in [0.4, 0.5) is 0 Å². The fourth-order valence-corrected chi connectivity index (χ4v) is 2.57. The van der Waals surface area contributed by atoms with E-state index >= 15 is 0 Å². The van der Waals surface area contributed by atoms with Crippen LogP contribution in [0.15, 0.2) is 0 Å². The van der Waals surface area contributed by atoms with Gasteiger partial charge in [0.15, 0.2) is 0 Å². The van der Waals surface area contributed by atoms with Crippen molar-refractivity contribution >= 4 is 5.97 Å². The zero-order chi connectivity index (χ0) is 10.8. The molecule has 2 rings (SSSR count). The number of carboxylic acid groups (broad SMARTS) is 1. The highest BCUT2D eigenvalue weighted by molar-refractivity contribution is 5.73. The van der Waals surface area contributed by atoms with Crippen LogP contribution < -0.4 is 0 Å². The molecular formula is C12H21NO2. The fraction of sp³-hybridized carbons (Fsp3) is 0.917. The molecule has 86 valence electrons. The monoisotopic (exact) mass is 211 g/mol. The van der Waals surface area contributed by atoms with E-state index in [0.29, 0.717) is 5.92 Å². The van der Waals surface area contributed by atoms with Crippen LogP contribution in [0.3, 0.4) is 0 Å². The molecule has 2 aliphatic rings. The molecule has 0 bridgehead atoms. The standard InChI is InChI=1S/C12H21NO2/c1-2-9-5-6-13(8-10-3-4-10)11(7-9)12(14)15/h9-11H,2-8H2,1H3,(H,14,15). The molecule has 0 aromatic carbocycles. The number of carboxylic acids is 1. The van der Waals surface area contributed by atoms with Crippen LogP contribution in [0.2, 0.25) is 0 Å². The third-order valence-corrected chi connectivity index (χ3v) is 3.87. The highest BCUT2D eigenvalue weighted by Crippen LogP contribution is 2.33. The zero-order valence-electron chi connectivity index (χ0n) is 9.48. The summed E-state index contributed by atoms with van der Waals surface area (Å²) in [6.45, 7) is 4.18. The molecule has 3 nitrogen and oxygen atoms in total. The van der Waals surface area contributed by atoms with Crippen molar-refractivity contribution in [3.63, 3.8) is 0 Å². The first-order chi connectivity index (χ1) is 7.20. The van der Waals surface area contributed by atoms with Gasteiger partial charge in [0.2, 0.25) is 0 Å². The van der Waals surface area contributed by atoms with E-state index in [1.807, 2.05) is 0 Å². The van der Waals surface area contributed by atoms with Gasteiger partial charge in [0.1, 0.15) is 6.04 Å². The largest absolute Gasteiger partial charge is 0.480 e. The minimum Gasteiger partial charge on any atom is -0.480 e. The molecule has 2 unspecified atom stereocenters. The number of rotatable bonds is 4. The van der Waals surface area contributed by atoms with Crippen LogP contribution >= 0.6 is 0 Å². The number of nitrogens with zero attached hydrogens (tertiary/aromatic N) is 1. The molecule has 2 fully saturated rings. The lowest BCUT2D eigenvalue weighted by atomic mass is 9.89. The molecule has 2 atom stereocenters. The van der Waals surface area contributed by atoms with Crippen LogP contribution in [0.1, 0.15) is 39.0 Å². The molecule has 1 aliphatic carbocycles. The SMILES string of the molecule is CCC1CCN(CC2CC2)C(C(=O)O)C1. The average molecular weight is 211 g/mol. The highest BCUT2D eigenvalue weighted by Gasteiger charge is 2.35. The summed E-state index contributed by atoms with van der Waals surface area (Å²) in [6, 6.07) is -0.204. The van der Waals surface area contributed by atoms with Gasteiger partial charge in [-0.3, -0.25) is 9.69 Å². The van der Waals surface area contributed by atoms with Crippen molar-refractivity contribution in [2.75, 3.05) is 13.1 Å². The second kappa shape index (κ2) is 4.52. The first-order valence-electron chi connectivity index (χ1n) is 6.17. The predicted octanol–water partition coefficient (Wildman–Crippen LogP) is 1.97. The van der Waals surface area contributed by atoms with Crippen LogP contribution in [0.5, 0.6) is 0 Å². The highest BCUT2D eigenvalue weighted by atomic mass is 16.4. The topological polar surface area (TPSA) is 40.5 Å². The summed E-state index contributed by atoms with van der Waals surface area (Å²) in [5, 5.41) is 9.21. The van der Waals surface area contributed by atoms with Crippen molar-refractivity contribution in [3.05, 3.63) is 0 Å². The first-order valence-corrected chi connectivity index (χ1v) is 6.17. The van der Waals surface area contributed by atoms with Gasteiger partial charge in [0, 0.05) is 6.54 Å². The number of piperidine rings is 1. The second-order valence-electron chi connectivity index (χ2n) is 5.09. The Balaban J connectivity index is 1.93. The summed E-state index contributed by atoms with van der Waals surface area (Å²) in [6.07, 6.45) is 5.78. The molecule has 3 heteroatoms. The van der Waals surface area contributed by atoms with Crippen LogP contribution in [0, 0.1) is 11.8 Å². The Kier molecular flexibility index (Phi) is 3.29. The van der Waals surface area contributed by atoms with Gasteiger partial charge in [-0.25, -0.2) is 0 Å². The second-order valence-corrected chi connectivity index (χ2v) is 5.09. The summed E-state index contributed by atoms with van der Waals surface area (Å²) < 4.78 is 0. The molecule has 0 amide bonds. The molecule has 0 aromatic heterocycles. The third kappa shape index (κ3) is 2.71. The maximum absolute atomic E-state index is 11.2. The molecule has 1 N–H and O–H groups in total. The van der Waals surface area contributed by atoms with Gasteiger partial charge < -0.3 is 5.11 Å². The van der Waals surface area contributed by atoms with Gasteiger partial charge in [0.05, 0.1) is 0 Å². The molecule has 0 aromatic rings. The molecule has 1 aliphatic heterocycles. The summed E-state index contributed by atoms with van der Waals surface area (Å²) in [5.74, 6) is 0.806. The minimum absolute atomic E-state index is 0.204. The number of carbonyl (C=O) groups is 1. The van der Waals surface area contributed by atoms with Crippen LogP contribution in [-0.4, -0.2) is 35.1 Å². The van der Waals surface area contributed by atoms with Crippen molar-refractivity contribution in [3.8, 4) is 0 Å². The molecule has 0 spiro atoms. The maximum Gasteiger partial charge on any atom is 0.320 e. The van der Waals surface area contributed by atoms with Gasteiger partial charge in [-0.2, -0.15) is 0 Å². The lowest BCUT2D eigenvalue weighted by Crippen LogP contribution is -2.47. The molecule has 15 heavy (non-hydrogen) atoms. The Morgan fingerprint density at radius 3 is 2.60 bits per heavy atom. The summed E-state index contributed by atoms with van der Waals surface area (Å²) >= 11 is 0. The van der Waals surface area contributed by atoms with Gasteiger partial charge in [-0.15, -0.1) is 0 Å². The molecule has 1 heterocycles. The Hall–Kier alpha value is -0.570. The smallest absolute Gasteiger partial charge is 0.320 e. The molecule has 1 saturated heterocycles. The van der Waals surface area contributed by atoms with Crippen molar-refractivity contribution in [2.45, 2.75) is 45.1 Å². The van der Waals surface area contributed by atoms with Crippen molar-refractivity contribution in [1.29, 1.82) is 0 Å². The van der Waals surface area contributed by atoms with E-state index < -0.39 is 5.97 Å². The van der Waals surface area contributed by atoms with Crippen LogP contribution in [-0.2, 0) is 4.79 Å². The summed E-state index contributed by atoms with van der Waals surface area (Å²) in [5.41, 5.74) is 0. The lowest BCUT2D eigenvalue weighted by molar-refractivity contribution is -0.145. The fourth-order valence-electron chi connectivity index (χ4n) is 2.57. The lowest BCUT2D eigenvalue weighted by Gasteiger charge is -2.37. The van der Waals surface area contributed by atoms with Gasteiger partial charge >= 0.3 is 5.97 Å². The summed E-state index contributed by atoms with van der Waals surface area (Å²) in [7, 11) is 0. The van der Waals surface area contributed by atoms with Gasteiger partial charge in [0.25, 0.3) is 0 Å². The predicted molar refractivity (Wildman–Crippen MR) is 58.7 cm³/mol. The maximum atomic E-state index is 11.2. The van der Waals surface area contributed by atoms with E-state index in [4.69, 9.17) is 0 Å². The van der Waals surface area contributed by atoms with E-state index in [9.17, 15) is 9.90 Å². The number of hydrogen-bond donors (Lipinski definition) is 1. The Morgan fingerprint density at radius 1 is 1.33 bits per heavy atom. The molecule has 1 saturated carbocycles. The van der Waals surface area contributed by atoms with Gasteiger partial charge in [-0.05, 0) is 44.1 Å².